The number of carbonyl (C=O) groups is 1. The van der Waals surface area contributed by atoms with Gasteiger partial charge < -0.3 is 14.8 Å². The summed E-state index contributed by atoms with van der Waals surface area (Å²) >= 11 is 0. The number of nitrogens with zero attached hydrogens (tertiary/aromatic N) is 1. The minimum atomic E-state index is -3.50. The fourth-order valence-corrected chi connectivity index (χ4v) is 4.04. The van der Waals surface area contributed by atoms with E-state index in [1.807, 2.05) is 0 Å². The van der Waals surface area contributed by atoms with Gasteiger partial charge in [-0.2, -0.15) is 4.31 Å². The van der Waals surface area contributed by atoms with Crippen LogP contribution >= 0.6 is 0 Å². The average Bonchev–Trinajstić information content (AvgIpc) is 3.11. The van der Waals surface area contributed by atoms with Gasteiger partial charge in [0.05, 0.1) is 30.6 Å². The summed E-state index contributed by atoms with van der Waals surface area (Å²) in [6.07, 6.45) is 0.718. The fraction of sp³-hybridized carbons (Fsp3) is 0.533. The molecule has 1 aromatic carbocycles. The van der Waals surface area contributed by atoms with Crippen molar-refractivity contribution in [2.75, 3.05) is 44.8 Å². The van der Waals surface area contributed by atoms with Gasteiger partial charge in [-0.25, -0.2) is 8.42 Å². The number of hydrogen-bond acceptors (Lipinski definition) is 5. The first-order valence-electron chi connectivity index (χ1n) is 7.64. The number of amides is 1. The van der Waals surface area contributed by atoms with E-state index in [-0.39, 0.29) is 16.7 Å². The predicted molar refractivity (Wildman–Crippen MR) is 83.6 cm³/mol. The van der Waals surface area contributed by atoms with E-state index in [0.29, 0.717) is 45.2 Å². The summed E-state index contributed by atoms with van der Waals surface area (Å²) in [4.78, 5) is 12.2. The van der Waals surface area contributed by atoms with Crippen LogP contribution in [0.25, 0.3) is 0 Å². The second-order valence-corrected chi connectivity index (χ2v) is 7.53. The van der Waals surface area contributed by atoms with Crippen molar-refractivity contribution in [2.45, 2.75) is 11.3 Å². The van der Waals surface area contributed by atoms with E-state index in [1.54, 1.807) is 12.1 Å². The first kappa shape index (κ1) is 16.4. The lowest BCUT2D eigenvalue weighted by Gasteiger charge is -2.26. The molecule has 2 heterocycles. The van der Waals surface area contributed by atoms with E-state index in [0.717, 1.165) is 6.42 Å². The number of hydrogen-bond donors (Lipinski definition) is 1. The number of morpholine rings is 1. The van der Waals surface area contributed by atoms with Crippen molar-refractivity contribution in [3.63, 3.8) is 0 Å². The Labute approximate surface area is 135 Å². The number of rotatable bonds is 4. The third-order valence-electron chi connectivity index (χ3n) is 4.03. The Morgan fingerprint density at radius 2 is 1.78 bits per heavy atom. The van der Waals surface area contributed by atoms with Crippen LogP contribution in [0.15, 0.2) is 29.2 Å². The monoisotopic (exact) mass is 340 g/mol. The molecule has 2 aliphatic heterocycles. The largest absolute Gasteiger partial charge is 0.381 e. The SMILES string of the molecule is O=C(Nc1ccc(S(=O)(=O)N2CCOCC2)cc1)C1CCOC1. The van der Waals surface area contributed by atoms with E-state index >= 15 is 0 Å². The third kappa shape index (κ3) is 3.72. The van der Waals surface area contributed by atoms with Crippen LogP contribution in [0.4, 0.5) is 5.69 Å². The summed E-state index contributed by atoms with van der Waals surface area (Å²) in [5, 5.41) is 2.79. The van der Waals surface area contributed by atoms with Crippen molar-refractivity contribution in [1.82, 2.24) is 4.31 Å². The molecule has 0 saturated carbocycles. The zero-order valence-electron chi connectivity index (χ0n) is 12.7. The topological polar surface area (TPSA) is 84.9 Å². The molecule has 0 radical (unpaired) electrons. The van der Waals surface area contributed by atoms with E-state index in [4.69, 9.17) is 9.47 Å². The normalized spacial score (nSPS) is 22.9. The van der Waals surface area contributed by atoms with Gasteiger partial charge in [0, 0.05) is 25.4 Å². The number of benzene rings is 1. The van der Waals surface area contributed by atoms with Gasteiger partial charge in [0.1, 0.15) is 0 Å². The molecular formula is C15H20N2O5S. The highest BCUT2D eigenvalue weighted by molar-refractivity contribution is 7.89. The summed E-state index contributed by atoms with van der Waals surface area (Å²) in [6, 6.07) is 6.26. The molecule has 0 aliphatic carbocycles. The van der Waals surface area contributed by atoms with Gasteiger partial charge >= 0.3 is 0 Å². The van der Waals surface area contributed by atoms with Gasteiger partial charge in [-0.1, -0.05) is 0 Å². The summed E-state index contributed by atoms with van der Waals surface area (Å²) in [6.45, 7) is 2.60. The molecule has 1 amide bonds. The quantitative estimate of drug-likeness (QED) is 0.871. The molecule has 8 heteroatoms. The van der Waals surface area contributed by atoms with Crippen LogP contribution < -0.4 is 5.32 Å². The van der Waals surface area contributed by atoms with E-state index in [1.165, 1.54) is 16.4 Å². The van der Waals surface area contributed by atoms with E-state index in [9.17, 15) is 13.2 Å². The molecule has 1 atom stereocenters. The first-order chi connectivity index (χ1) is 11.1. The van der Waals surface area contributed by atoms with Crippen molar-refractivity contribution in [1.29, 1.82) is 0 Å². The number of ether oxygens (including phenoxy) is 2. The zero-order valence-corrected chi connectivity index (χ0v) is 13.5. The Morgan fingerprint density at radius 1 is 1.09 bits per heavy atom. The Morgan fingerprint density at radius 3 is 2.39 bits per heavy atom. The molecule has 3 rings (SSSR count). The molecule has 2 saturated heterocycles. The van der Waals surface area contributed by atoms with Crippen LogP contribution in [0.1, 0.15) is 6.42 Å². The first-order valence-corrected chi connectivity index (χ1v) is 9.08. The van der Waals surface area contributed by atoms with Crippen LogP contribution in [0.2, 0.25) is 0 Å². The smallest absolute Gasteiger partial charge is 0.243 e. The lowest BCUT2D eigenvalue weighted by molar-refractivity contribution is -0.119. The molecule has 7 nitrogen and oxygen atoms in total. The van der Waals surface area contributed by atoms with Gasteiger partial charge in [-0.15, -0.1) is 0 Å². The molecule has 1 aromatic rings. The number of carbonyl (C=O) groups excluding carboxylic acids is 1. The van der Waals surface area contributed by atoms with Gasteiger partial charge in [0.15, 0.2) is 0 Å². The Balaban J connectivity index is 1.67. The van der Waals surface area contributed by atoms with Crippen molar-refractivity contribution in [3.8, 4) is 0 Å². The van der Waals surface area contributed by atoms with Crippen LogP contribution in [0.5, 0.6) is 0 Å². The lowest BCUT2D eigenvalue weighted by atomic mass is 10.1. The molecule has 23 heavy (non-hydrogen) atoms. The molecule has 2 fully saturated rings. The molecule has 2 aliphatic rings. The molecule has 1 unspecified atom stereocenters. The van der Waals surface area contributed by atoms with Crippen molar-refractivity contribution >= 4 is 21.6 Å². The number of nitrogens with one attached hydrogen (secondary N) is 1. The van der Waals surface area contributed by atoms with E-state index < -0.39 is 10.0 Å². The maximum absolute atomic E-state index is 12.5. The highest BCUT2D eigenvalue weighted by Crippen LogP contribution is 2.21. The standard InChI is InChI=1S/C15H20N2O5S/c18-15(12-5-8-22-11-12)16-13-1-3-14(4-2-13)23(19,20)17-6-9-21-10-7-17/h1-4,12H,5-11H2,(H,16,18). The fourth-order valence-electron chi connectivity index (χ4n) is 2.63. The summed E-state index contributed by atoms with van der Waals surface area (Å²) in [7, 11) is -3.50. The second kappa shape index (κ2) is 6.96. The predicted octanol–water partition coefficient (Wildman–Crippen LogP) is 0.682. The molecule has 126 valence electrons. The Kier molecular flexibility index (Phi) is 4.96. The van der Waals surface area contributed by atoms with Gasteiger partial charge in [-0.3, -0.25) is 4.79 Å². The van der Waals surface area contributed by atoms with Gasteiger partial charge in [0.2, 0.25) is 15.9 Å². The Hall–Kier alpha value is -1.48. The highest BCUT2D eigenvalue weighted by atomic mass is 32.2. The molecule has 0 aromatic heterocycles. The van der Waals surface area contributed by atoms with E-state index in [2.05, 4.69) is 5.32 Å². The molecule has 1 N–H and O–H groups in total. The van der Waals surface area contributed by atoms with Crippen molar-refractivity contribution in [2.24, 2.45) is 5.92 Å². The van der Waals surface area contributed by atoms with Crippen molar-refractivity contribution in [3.05, 3.63) is 24.3 Å². The van der Waals surface area contributed by atoms with Gasteiger partial charge in [-0.05, 0) is 30.7 Å². The highest BCUT2D eigenvalue weighted by Gasteiger charge is 2.27. The van der Waals surface area contributed by atoms with Crippen LogP contribution in [0.3, 0.4) is 0 Å². The molecular weight excluding hydrogens is 320 g/mol. The zero-order chi connectivity index (χ0) is 16.3. The van der Waals surface area contributed by atoms with Crippen LogP contribution in [0, 0.1) is 5.92 Å². The second-order valence-electron chi connectivity index (χ2n) is 5.59. The average molecular weight is 340 g/mol. The Bertz CT molecular complexity index is 647. The molecule has 0 spiro atoms. The lowest BCUT2D eigenvalue weighted by Crippen LogP contribution is -2.40. The minimum Gasteiger partial charge on any atom is -0.381 e. The van der Waals surface area contributed by atoms with Gasteiger partial charge in [0.25, 0.3) is 0 Å². The maximum atomic E-state index is 12.5. The molecule has 0 bridgehead atoms. The summed E-state index contributed by atoms with van der Waals surface area (Å²) < 4.78 is 36.8. The van der Waals surface area contributed by atoms with Crippen LogP contribution in [-0.4, -0.2) is 58.1 Å². The summed E-state index contributed by atoms with van der Waals surface area (Å²) in [5.41, 5.74) is 0.586. The third-order valence-corrected chi connectivity index (χ3v) is 5.94. The minimum absolute atomic E-state index is 0.0914. The number of anilines is 1. The maximum Gasteiger partial charge on any atom is 0.243 e. The van der Waals surface area contributed by atoms with Crippen LogP contribution in [-0.2, 0) is 24.3 Å². The summed E-state index contributed by atoms with van der Waals surface area (Å²) in [5.74, 6) is -0.224. The number of sulfonamides is 1. The van der Waals surface area contributed by atoms with Crippen molar-refractivity contribution < 1.29 is 22.7 Å².